The van der Waals surface area contributed by atoms with Gasteiger partial charge < -0.3 is 11.5 Å². The lowest BCUT2D eigenvalue weighted by molar-refractivity contribution is 0.0997. The Morgan fingerprint density at radius 3 is 2.82 bits per heavy atom. The molecule has 1 aromatic heterocycles. The lowest BCUT2D eigenvalue weighted by Crippen LogP contribution is -2.12. The lowest BCUT2D eigenvalue weighted by atomic mass is 10.2. The predicted octanol–water partition coefficient (Wildman–Crippen LogP) is 1.25. The van der Waals surface area contributed by atoms with Crippen LogP contribution in [0, 0.1) is 0 Å². The van der Waals surface area contributed by atoms with Crippen LogP contribution in [0.1, 0.15) is 10.4 Å². The van der Waals surface area contributed by atoms with E-state index in [1.807, 2.05) is 13.2 Å². The van der Waals surface area contributed by atoms with Crippen LogP contribution < -0.4 is 11.5 Å². The zero-order chi connectivity index (χ0) is 12.4. The van der Waals surface area contributed by atoms with Crippen LogP contribution in [-0.2, 0) is 7.05 Å². The van der Waals surface area contributed by atoms with E-state index in [0.29, 0.717) is 11.3 Å². The molecular weight excluding hydrogens is 236 g/mol. The van der Waals surface area contributed by atoms with Gasteiger partial charge in [0.15, 0.2) is 0 Å². The van der Waals surface area contributed by atoms with E-state index in [2.05, 4.69) is 5.10 Å². The molecule has 0 saturated carbocycles. The van der Waals surface area contributed by atoms with E-state index < -0.39 is 5.91 Å². The Hall–Kier alpha value is -1.95. The minimum atomic E-state index is -0.483. The topological polar surface area (TPSA) is 86.9 Å². The molecule has 17 heavy (non-hydrogen) atoms. The summed E-state index contributed by atoms with van der Waals surface area (Å²) in [7, 11) is 1.84. The van der Waals surface area contributed by atoms with Gasteiger partial charge in [-0.05, 0) is 18.2 Å². The molecule has 0 fully saturated rings. The van der Waals surface area contributed by atoms with Crippen molar-refractivity contribution in [3.63, 3.8) is 0 Å². The molecule has 1 aromatic carbocycles. The number of carbonyl (C=O) groups excluding carboxylic acids is 1. The Labute approximate surface area is 103 Å². The van der Waals surface area contributed by atoms with Crippen molar-refractivity contribution in [3.8, 4) is 0 Å². The van der Waals surface area contributed by atoms with E-state index in [4.69, 9.17) is 11.5 Å². The largest absolute Gasteiger partial charge is 0.399 e. The molecule has 0 aliphatic rings. The Bertz CT molecular complexity index is 564. The first-order valence-corrected chi connectivity index (χ1v) is 5.74. The fraction of sp³-hybridized carbons (Fsp3) is 0.0909. The van der Waals surface area contributed by atoms with E-state index in [-0.39, 0.29) is 0 Å². The highest BCUT2D eigenvalue weighted by atomic mass is 32.2. The molecule has 0 aliphatic heterocycles. The molecule has 1 amide bonds. The number of primary amides is 1. The highest BCUT2D eigenvalue weighted by Crippen LogP contribution is 2.30. The monoisotopic (exact) mass is 248 g/mol. The predicted molar refractivity (Wildman–Crippen MR) is 66.7 cm³/mol. The van der Waals surface area contributed by atoms with Crippen LogP contribution in [0.25, 0.3) is 0 Å². The van der Waals surface area contributed by atoms with Crippen LogP contribution in [0.4, 0.5) is 5.69 Å². The Balaban J connectivity index is 2.35. The summed E-state index contributed by atoms with van der Waals surface area (Å²) in [6, 6.07) is 5.11. The van der Waals surface area contributed by atoms with Crippen molar-refractivity contribution in [3.05, 3.63) is 36.2 Å². The van der Waals surface area contributed by atoms with Crippen molar-refractivity contribution in [2.45, 2.75) is 9.79 Å². The molecule has 4 N–H and O–H groups in total. The minimum absolute atomic E-state index is 0.429. The first-order valence-electron chi connectivity index (χ1n) is 4.92. The number of nitrogen functional groups attached to an aromatic ring is 1. The molecule has 0 bridgehead atoms. The van der Waals surface area contributed by atoms with Crippen molar-refractivity contribution in [1.82, 2.24) is 9.78 Å². The van der Waals surface area contributed by atoms with Crippen LogP contribution in [0.15, 0.2) is 40.4 Å². The average molecular weight is 248 g/mol. The van der Waals surface area contributed by atoms with Gasteiger partial charge in [0.2, 0.25) is 5.91 Å². The van der Waals surface area contributed by atoms with E-state index in [1.54, 1.807) is 29.1 Å². The number of aryl methyl sites for hydroxylation is 1. The molecule has 2 rings (SSSR count). The summed E-state index contributed by atoms with van der Waals surface area (Å²) in [4.78, 5) is 13.0. The molecule has 6 heteroatoms. The number of hydrogen-bond donors (Lipinski definition) is 2. The fourth-order valence-electron chi connectivity index (χ4n) is 1.41. The SMILES string of the molecule is Cn1cc(Sc2ccc(N)cc2C(N)=O)cn1. The summed E-state index contributed by atoms with van der Waals surface area (Å²) in [6.45, 7) is 0. The first-order chi connectivity index (χ1) is 8.06. The van der Waals surface area contributed by atoms with Crippen LogP contribution in [-0.4, -0.2) is 15.7 Å². The maximum Gasteiger partial charge on any atom is 0.249 e. The van der Waals surface area contributed by atoms with Gasteiger partial charge in [0.1, 0.15) is 0 Å². The molecule has 0 spiro atoms. The number of anilines is 1. The second-order valence-electron chi connectivity index (χ2n) is 3.57. The maximum atomic E-state index is 11.3. The number of aromatic nitrogens is 2. The van der Waals surface area contributed by atoms with Crippen molar-refractivity contribution in [2.75, 3.05) is 5.73 Å². The zero-order valence-electron chi connectivity index (χ0n) is 9.25. The molecule has 88 valence electrons. The summed E-state index contributed by atoms with van der Waals surface area (Å²) in [6.07, 6.45) is 3.59. The minimum Gasteiger partial charge on any atom is -0.399 e. The third-order valence-electron chi connectivity index (χ3n) is 2.18. The fourth-order valence-corrected chi connectivity index (χ4v) is 2.37. The van der Waals surface area contributed by atoms with Gasteiger partial charge in [-0.15, -0.1) is 0 Å². The maximum absolute atomic E-state index is 11.3. The van der Waals surface area contributed by atoms with Gasteiger partial charge in [-0.25, -0.2) is 0 Å². The highest BCUT2D eigenvalue weighted by Gasteiger charge is 2.10. The van der Waals surface area contributed by atoms with Crippen LogP contribution in [0.2, 0.25) is 0 Å². The third-order valence-corrected chi connectivity index (χ3v) is 3.20. The number of rotatable bonds is 3. The number of benzene rings is 1. The normalized spacial score (nSPS) is 10.4. The quantitative estimate of drug-likeness (QED) is 0.800. The molecule has 0 aliphatic carbocycles. The summed E-state index contributed by atoms with van der Waals surface area (Å²) >= 11 is 1.43. The standard InChI is InChI=1S/C11H12N4OS/c1-15-6-8(5-14-15)17-10-3-2-7(12)4-9(10)11(13)16/h2-6H,12H2,1H3,(H2,13,16). The molecule has 5 nitrogen and oxygen atoms in total. The van der Waals surface area contributed by atoms with Crippen molar-refractivity contribution >= 4 is 23.4 Å². The molecule has 0 radical (unpaired) electrons. The van der Waals surface area contributed by atoms with Gasteiger partial charge in [0.25, 0.3) is 0 Å². The molecule has 2 aromatic rings. The summed E-state index contributed by atoms with van der Waals surface area (Å²) in [5, 5.41) is 4.06. The van der Waals surface area contributed by atoms with E-state index in [9.17, 15) is 4.79 Å². The highest BCUT2D eigenvalue weighted by molar-refractivity contribution is 7.99. The number of amides is 1. The van der Waals surface area contributed by atoms with E-state index in [0.717, 1.165) is 9.79 Å². The second kappa shape index (κ2) is 4.50. The van der Waals surface area contributed by atoms with E-state index >= 15 is 0 Å². The molecule has 0 saturated heterocycles. The van der Waals surface area contributed by atoms with Crippen molar-refractivity contribution in [2.24, 2.45) is 12.8 Å². The number of carbonyl (C=O) groups is 1. The second-order valence-corrected chi connectivity index (χ2v) is 4.69. The van der Waals surface area contributed by atoms with Gasteiger partial charge >= 0.3 is 0 Å². The number of nitrogens with two attached hydrogens (primary N) is 2. The molecular formula is C11H12N4OS. The average Bonchev–Trinajstić information content (AvgIpc) is 2.66. The van der Waals surface area contributed by atoms with Gasteiger partial charge in [-0.3, -0.25) is 9.48 Å². The Morgan fingerprint density at radius 1 is 1.47 bits per heavy atom. The van der Waals surface area contributed by atoms with Gasteiger partial charge in [-0.2, -0.15) is 5.10 Å². The van der Waals surface area contributed by atoms with Crippen molar-refractivity contribution < 1.29 is 4.79 Å². The molecule has 1 heterocycles. The summed E-state index contributed by atoms with van der Waals surface area (Å²) in [5.74, 6) is -0.483. The van der Waals surface area contributed by atoms with Crippen LogP contribution in [0.3, 0.4) is 0 Å². The smallest absolute Gasteiger partial charge is 0.249 e. The van der Waals surface area contributed by atoms with Crippen LogP contribution >= 0.6 is 11.8 Å². The third kappa shape index (κ3) is 2.59. The van der Waals surface area contributed by atoms with Gasteiger partial charge in [-0.1, -0.05) is 11.8 Å². The van der Waals surface area contributed by atoms with Crippen LogP contribution in [0.5, 0.6) is 0 Å². The first kappa shape index (κ1) is 11.5. The van der Waals surface area contributed by atoms with Gasteiger partial charge in [0.05, 0.1) is 16.7 Å². The van der Waals surface area contributed by atoms with E-state index in [1.165, 1.54) is 11.8 Å². The molecule has 0 unspecified atom stereocenters. The molecule has 0 atom stereocenters. The zero-order valence-corrected chi connectivity index (χ0v) is 10.1. The summed E-state index contributed by atoms with van der Waals surface area (Å²) in [5.41, 5.74) is 11.9. The Morgan fingerprint density at radius 2 is 2.24 bits per heavy atom. The van der Waals surface area contributed by atoms with Crippen molar-refractivity contribution in [1.29, 1.82) is 0 Å². The number of hydrogen-bond acceptors (Lipinski definition) is 4. The van der Waals surface area contributed by atoms with Gasteiger partial charge in [0, 0.05) is 23.8 Å². The number of nitrogens with zero attached hydrogens (tertiary/aromatic N) is 2. The Kier molecular flexibility index (Phi) is 3.06. The summed E-state index contributed by atoms with van der Waals surface area (Å²) < 4.78 is 1.70. The lowest BCUT2D eigenvalue weighted by Gasteiger charge is -2.05.